The Morgan fingerprint density at radius 3 is 2.04 bits per heavy atom. The van der Waals surface area contributed by atoms with Gasteiger partial charge in [0.05, 0.1) is 19.3 Å². The molecular formula is C23H29NSi. The van der Waals surface area contributed by atoms with Gasteiger partial charge in [0.25, 0.3) is 0 Å². The lowest BCUT2D eigenvalue weighted by Gasteiger charge is -2.30. The molecule has 2 aromatic carbocycles. The molecule has 0 saturated carbocycles. The normalized spacial score (nSPS) is 11.9. The minimum atomic E-state index is -1.41. The SMILES string of the molecule is CC[Si](CC)(CC)c1cccc2nc(-c3cc(C)cc(C)c3)ccc12. The van der Waals surface area contributed by atoms with Gasteiger partial charge in [-0.25, -0.2) is 4.98 Å². The van der Waals surface area contributed by atoms with Crippen molar-refractivity contribution in [3.63, 3.8) is 0 Å². The molecule has 0 aliphatic heterocycles. The Hall–Kier alpha value is -1.93. The number of hydrogen-bond acceptors (Lipinski definition) is 1. The second-order valence-electron chi connectivity index (χ2n) is 7.29. The van der Waals surface area contributed by atoms with E-state index in [0.29, 0.717) is 0 Å². The van der Waals surface area contributed by atoms with Crippen LogP contribution < -0.4 is 5.19 Å². The van der Waals surface area contributed by atoms with Crippen molar-refractivity contribution in [3.05, 3.63) is 59.7 Å². The molecule has 1 nitrogen and oxygen atoms in total. The zero-order valence-corrected chi connectivity index (χ0v) is 17.2. The lowest BCUT2D eigenvalue weighted by molar-refractivity contribution is 1.20. The number of nitrogens with zero attached hydrogens (tertiary/aromatic N) is 1. The Kier molecular flexibility index (Phi) is 5.10. The van der Waals surface area contributed by atoms with Crippen molar-refractivity contribution < 1.29 is 0 Å². The summed E-state index contributed by atoms with van der Waals surface area (Å²) in [7, 11) is -1.41. The first-order valence-electron chi connectivity index (χ1n) is 9.52. The second-order valence-corrected chi connectivity index (χ2v) is 12.5. The third-order valence-electron chi connectivity index (χ3n) is 5.85. The van der Waals surface area contributed by atoms with Crippen LogP contribution in [0, 0.1) is 13.8 Å². The average molecular weight is 348 g/mol. The molecule has 1 aromatic heterocycles. The van der Waals surface area contributed by atoms with E-state index in [0.717, 1.165) is 11.2 Å². The Morgan fingerprint density at radius 2 is 1.44 bits per heavy atom. The molecule has 0 aliphatic rings. The Balaban J connectivity index is 2.17. The van der Waals surface area contributed by atoms with Crippen molar-refractivity contribution >= 4 is 24.2 Å². The van der Waals surface area contributed by atoms with Gasteiger partial charge in [0.15, 0.2) is 0 Å². The maximum absolute atomic E-state index is 5.03. The third-order valence-corrected chi connectivity index (χ3v) is 11.5. The molecule has 130 valence electrons. The van der Waals surface area contributed by atoms with E-state index in [1.54, 1.807) is 5.19 Å². The van der Waals surface area contributed by atoms with Crippen molar-refractivity contribution in [3.8, 4) is 11.3 Å². The van der Waals surface area contributed by atoms with Gasteiger partial charge in [-0.1, -0.05) is 79.5 Å². The smallest absolute Gasteiger partial charge is 0.0868 e. The zero-order chi connectivity index (χ0) is 18.0. The first kappa shape index (κ1) is 17.9. The van der Waals surface area contributed by atoms with Gasteiger partial charge in [0.1, 0.15) is 0 Å². The van der Waals surface area contributed by atoms with Gasteiger partial charge in [-0.05, 0) is 43.5 Å². The topological polar surface area (TPSA) is 12.9 Å². The molecule has 3 aromatic rings. The third kappa shape index (κ3) is 3.28. The van der Waals surface area contributed by atoms with Crippen molar-refractivity contribution in [2.75, 3.05) is 0 Å². The minimum absolute atomic E-state index is 1.08. The van der Waals surface area contributed by atoms with Crippen LogP contribution in [0.2, 0.25) is 18.1 Å². The summed E-state index contributed by atoms with van der Waals surface area (Å²) in [6, 6.07) is 21.9. The van der Waals surface area contributed by atoms with Crippen molar-refractivity contribution in [2.24, 2.45) is 0 Å². The maximum atomic E-state index is 5.03. The summed E-state index contributed by atoms with van der Waals surface area (Å²) < 4.78 is 0. The first-order valence-corrected chi connectivity index (χ1v) is 12.1. The zero-order valence-electron chi connectivity index (χ0n) is 16.2. The molecule has 25 heavy (non-hydrogen) atoms. The molecule has 3 rings (SSSR count). The monoisotopic (exact) mass is 347 g/mol. The highest BCUT2D eigenvalue weighted by atomic mass is 28.3. The van der Waals surface area contributed by atoms with Crippen molar-refractivity contribution in [1.29, 1.82) is 0 Å². The molecule has 0 spiro atoms. The van der Waals surface area contributed by atoms with E-state index >= 15 is 0 Å². The van der Waals surface area contributed by atoms with E-state index in [4.69, 9.17) is 4.98 Å². The van der Waals surface area contributed by atoms with E-state index in [9.17, 15) is 0 Å². The Morgan fingerprint density at radius 1 is 0.800 bits per heavy atom. The highest BCUT2D eigenvalue weighted by Gasteiger charge is 2.30. The predicted octanol–water partition coefficient (Wildman–Crippen LogP) is 6.23. The van der Waals surface area contributed by atoms with Crippen LogP contribution in [0.1, 0.15) is 31.9 Å². The highest BCUT2D eigenvalue weighted by Crippen LogP contribution is 2.27. The summed E-state index contributed by atoms with van der Waals surface area (Å²) in [4.78, 5) is 5.03. The molecular weight excluding hydrogens is 318 g/mol. The van der Waals surface area contributed by atoms with Crippen LogP contribution in [0.3, 0.4) is 0 Å². The van der Waals surface area contributed by atoms with Gasteiger partial charge in [0, 0.05) is 5.56 Å². The van der Waals surface area contributed by atoms with Gasteiger partial charge in [-0.15, -0.1) is 0 Å². The highest BCUT2D eigenvalue weighted by molar-refractivity contribution is 6.93. The lowest BCUT2D eigenvalue weighted by Crippen LogP contribution is -2.46. The first-order chi connectivity index (χ1) is 12.0. The molecule has 0 bridgehead atoms. The number of benzene rings is 2. The van der Waals surface area contributed by atoms with Gasteiger partial charge in [0.2, 0.25) is 0 Å². The fourth-order valence-corrected chi connectivity index (χ4v) is 8.10. The van der Waals surface area contributed by atoms with Crippen molar-refractivity contribution in [2.45, 2.75) is 52.8 Å². The molecule has 0 unspecified atom stereocenters. The number of pyridine rings is 1. The maximum Gasteiger partial charge on any atom is 0.0868 e. The predicted molar refractivity (Wildman–Crippen MR) is 113 cm³/mol. The Labute approximate surface area is 153 Å². The molecule has 0 N–H and O–H groups in total. The number of aryl methyl sites for hydroxylation is 2. The number of aromatic nitrogens is 1. The fraction of sp³-hybridized carbons (Fsp3) is 0.348. The molecule has 0 radical (unpaired) electrons. The molecule has 2 heteroatoms. The summed E-state index contributed by atoms with van der Waals surface area (Å²) in [5.74, 6) is 0. The van der Waals surface area contributed by atoms with Gasteiger partial charge in [-0.3, -0.25) is 0 Å². The van der Waals surface area contributed by atoms with E-state index in [2.05, 4.69) is 83.1 Å². The van der Waals surface area contributed by atoms with E-state index < -0.39 is 8.07 Å². The average Bonchev–Trinajstić information content (AvgIpc) is 2.62. The Bertz CT molecular complexity index is 865. The van der Waals surface area contributed by atoms with Gasteiger partial charge < -0.3 is 0 Å². The van der Waals surface area contributed by atoms with Crippen LogP contribution in [-0.4, -0.2) is 13.1 Å². The number of rotatable bonds is 5. The van der Waals surface area contributed by atoms with Crippen LogP contribution in [0.4, 0.5) is 0 Å². The second kappa shape index (κ2) is 7.13. The van der Waals surface area contributed by atoms with Crippen LogP contribution in [-0.2, 0) is 0 Å². The molecule has 1 heterocycles. The number of hydrogen-bond donors (Lipinski definition) is 0. The largest absolute Gasteiger partial charge is 0.248 e. The molecule has 0 fully saturated rings. The minimum Gasteiger partial charge on any atom is -0.248 e. The summed E-state index contributed by atoms with van der Waals surface area (Å²) in [5, 5.41) is 2.96. The molecule has 0 saturated heterocycles. The van der Waals surface area contributed by atoms with Crippen LogP contribution >= 0.6 is 0 Å². The van der Waals surface area contributed by atoms with Crippen molar-refractivity contribution in [1.82, 2.24) is 4.98 Å². The summed E-state index contributed by atoms with van der Waals surface area (Å²) >= 11 is 0. The summed E-state index contributed by atoms with van der Waals surface area (Å²) in [5.41, 5.74) is 6.02. The molecule has 0 aliphatic carbocycles. The van der Waals surface area contributed by atoms with Crippen LogP contribution in [0.25, 0.3) is 22.2 Å². The van der Waals surface area contributed by atoms with E-state index in [1.807, 2.05) is 0 Å². The van der Waals surface area contributed by atoms with Gasteiger partial charge >= 0.3 is 0 Å². The fourth-order valence-electron chi connectivity index (χ4n) is 4.22. The van der Waals surface area contributed by atoms with E-state index in [1.165, 1.54) is 40.2 Å². The summed E-state index contributed by atoms with van der Waals surface area (Å²) in [6.45, 7) is 11.4. The van der Waals surface area contributed by atoms with Gasteiger partial charge in [-0.2, -0.15) is 0 Å². The molecule has 0 atom stereocenters. The quantitative estimate of drug-likeness (QED) is 0.498. The standard InChI is InChI=1S/C23H29NSi/c1-6-25(7-2,8-3)23-11-9-10-22-20(23)12-13-21(24-22)19-15-17(4)14-18(5)16-19/h9-16H,6-8H2,1-5H3. The summed E-state index contributed by atoms with van der Waals surface area (Å²) in [6.07, 6.45) is 0. The van der Waals surface area contributed by atoms with E-state index in [-0.39, 0.29) is 0 Å². The number of fused-ring (bicyclic) bond motifs is 1. The van der Waals surface area contributed by atoms with Crippen LogP contribution in [0.15, 0.2) is 48.5 Å². The molecule has 0 amide bonds. The lowest BCUT2D eigenvalue weighted by atomic mass is 10.0. The van der Waals surface area contributed by atoms with Crippen LogP contribution in [0.5, 0.6) is 0 Å².